The van der Waals surface area contributed by atoms with Gasteiger partial charge in [-0.2, -0.15) is 4.31 Å². The van der Waals surface area contributed by atoms with E-state index in [1.165, 1.54) is 10.4 Å². The van der Waals surface area contributed by atoms with E-state index in [1.807, 2.05) is 44.2 Å². The van der Waals surface area contributed by atoms with E-state index in [2.05, 4.69) is 5.32 Å². The molecular weight excluding hydrogens is 466 g/mol. The van der Waals surface area contributed by atoms with Crippen LogP contribution in [0.3, 0.4) is 0 Å². The molecule has 35 heavy (non-hydrogen) atoms. The number of aryl methyl sites for hydroxylation is 1. The van der Waals surface area contributed by atoms with Crippen LogP contribution in [-0.2, 0) is 26.2 Å². The van der Waals surface area contributed by atoms with Gasteiger partial charge in [0.2, 0.25) is 15.9 Å². The van der Waals surface area contributed by atoms with Crippen molar-refractivity contribution in [3.63, 3.8) is 0 Å². The molecule has 1 saturated heterocycles. The number of benzene rings is 2. The lowest BCUT2D eigenvalue weighted by Crippen LogP contribution is -2.46. The van der Waals surface area contributed by atoms with Crippen LogP contribution in [-0.4, -0.2) is 55.2 Å². The van der Waals surface area contributed by atoms with Crippen molar-refractivity contribution >= 4 is 27.5 Å². The number of amides is 2. The van der Waals surface area contributed by atoms with Gasteiger partial charge in [-0.1, -0.05) is 37.3 Å². The average molecular weight is 500 g/mol. The number of ether oxygens (including phenoxy) is 1. The Balaban J connectivity index is 1.54. The third-order valence-electron chi connectivity index (χ3n) is 6.73. The van der Waals surface area contributed by atoms with Crippen molar-refractivity contribution in [1.29, 1.82) is 0 Å². The monoisotopic (exact) mass is 499 g/mol. The van der Waals surface area contributed by atoms with Crippen LogP contribution in [0.2, 0.25) is 0 Å². The fraction of sp³-hybridized carbons (Fsp3) is 0.462. The second-order valence-electron chi connectivity index (χ2n) is 9.16. The Hall–Kier alpha value is -2.91. The minimum Gasteiger partial charge on any atom is -0.478 e. The highest BCUT2D eigenvalue weighted by Gasteiger charge is 2.37. The largest absolute Gasteiger partial charge is 0.478 e. The summed E-state index contributed by atoms with van der Waals surface area (Å²) in [5.74, 6) is -0.288. The van der Waals surface area contributed by atoms with E-state index < -0.39 is 16.1 Å². The summed E-state index contributed by atoms with van der Waals surface area (Å²) in [4.78, 5) is 27.4. The highest BCUT2D eigenvalue weighted by Crippen LogP contribution is 2.36. The van der Waals surface area contributed by atoms with Gasteiger partial charge >= 0.3 is 0 Å². The first-order valence-corrected chi connectivity index (χ1v) is 13.6. The maximum absolute atomic E-state index is 13.7. The Bertz CT molecular complexity index is 1200. The molecule has 2 aromatic carbocycles. The molecule has 2 atom stereocenters. The Morgan fingerprint density at radius 3 is 2.63 bits per heavy atom. The second kappa shape index (κ2) is 10.4. The van der Waals surface area contributed by atoms with Crippen LogP contribution >= 0.6 is 0 Å². The minimum absolute atomic E-state index is 0.0183. The third kappa shape index (κ3) is 5.21. The van der Waals surface area contributed by atoms with E-state index in [1.54, 1.807) is 17.9 Å². The maximum Gasteiger partial charge on any atom is 0.265 e. The first-order valence-electron chi connectivity index (χ1n) is 12.2. The molecular formula is C26H33N3O5S. The highest BCUT2D eigenvalue weighted by molar-refractivity contribution is 7.89. The number of nitrogens with zero attached hydrogens (tertiary/aromatic N) is 2. The predicted molar refractivity (Wildman–Crippen MR) is 134 cm³/mol. The fourth-order valence-electron chi connectivity index (χ4n) is 4.74. The van der Waals surface area contributed by atoms with Crippen molar-refractivity contribution in [2.75, 3.05) is 25.0 Å². The van der Waals surface area contributed by atoms with E-state index in [4.69, 9.17) is 4.74 Å². The molecule has 4 rings (SSSR count). The Morgan fingerprint density at radius 1 is 1.20 bits per heavy atom. The quantitative estimate of drug-likeness (QED) is 0.629. The average Bonchev–Trinajstić information content (AvgIpc) is 2.86. The lowest BCUT2D eigenvalue weighted by molar-refractivity contribution is -0.137. The van der Waals surface area contributed by atoms with Gasteiger partial charge in [0, 0.05) is 32.2 Å². The van der Waals surface area contributed by atoms with Gasteiger partial charge in [0.05, 0.1) is 16.5 Å². The number of rotatable bonds is 7. The minimum atomic E-state index is -3.85. The molecule has 8 nitrogen and oxygen atoms in total. The standard InChI is InChI=1S/C26H33N3O5S/c1-4-22-25(30)27-21-14-18(3)24(15-23(21)34-22)35(32,33)29-13-9-12-20(17-29)26(31)28(5-2)16-19-10-7-6-8-11-19/h6-8,10-11,14-15,20,22H,4-5,9,12-13,16-17H2,1-3H3,(H,27,30)/t20-,22-/m1/s1. The van der Waals surface area contributed by atoms with E-state index >= 15 is 0 Å². The van der Waals surface area contributed by atoms with Gasteiger partial charge in [-0.25, -0.2) is 8.42 Å². The normalized spacial score (nSPS) is 20.5. The van der Waals surface area contributed by atoms with Crippen molar-refractivity contribution in [3.8, 4) is 5.75 Å². The van der Waals surface area contributed by atoms with Gasteiger partial charge < -0.3 is 15.0 Å². The van der Waals surface area contributed by atoms with Crippen LogP contribution in [0.4, 0.5) is 5.69 Å². The Morgan fingerprint density at radius 2 is 1.94 bits per heavy atom. The number of hydrogen-bond donors (Lipinski definition) is 1. The van der Waals surface area contributed by atoms with Gasteiger partial charge in [-0.3, -0.25) is 9.59 Å². The molecule has 1 fully saturated rings. The number of hydrogen-bond acceptors (Lipinski definition) is 5. The summed E-state index contributed by atoms with van der Waals surface area (Å²) in [5.41, 5.74) is 2.04. The highest BCUT2D eigenvalue weighted by atomic mass is 32.2. The van der Waals surface area contributed by atoms with Crippen molar-refractivity contribution in [3.05, 3.63) is 53.6 Å². The molecule has 0 unspecified atom stereocenters. The van der Waals surface area contributed by atoms with Gasteiger partial charge in [0.1, 0.15) is 5.75 Å². The molecule has 2 aliphatic heterocycles. The van der Waals surface area contributed by atoms with Gasteiger partial charge in [-0.05, 0) is 50.3 Å². The first kappa shape index (κ1) is 25.2. The van der Waals surface area contributed by atoms with Crippen molar-refractivity contribution < 1.29 is 22.7 Å². The molecule has 2 aliphatic rings. The molecule has 0 saturated carbocycles. The summed E-state index contributed by atoms with van der Waals surface area (Å²) in [6.07, 6.45) is 1.11. The van der Waals surface area contributed by atoms with Gasteiger partial charge in [-0.15, -0.1) is 0 Å². The molecule has 1 N–H and O–H groups in total. The molecule has 9 heteroatoms. The molecule has 0 bridgehead atoms. The summed E-state index contributed by atoms with van der Waals surface area (Å²) in [7, 11) is -3.85. The van der Waals surface area contributed by atoms with Gasteiger partial charge in [0.25, 0.3) is 5.91 Å². The number of piperidine rings is 1. The first-order chi connectivity index (χ1) is 16.7. The SMILES string of the molecule is CC[C@H]1Oc2cc(S(=O)(=O)N3CCC[C@@H](C(=O)N(CC)Cc4ccccc4)C3)c(C)cc2NC1=O. The van der Waals surface area contributed by atoms with E-state index in [-0.39, 0.29) is 29.2 Å². The maximum atomic E-state index is 13.7. The topological polar surface area (TPSA) is 96.0 Å². The van der Waals surface area contributed by atoms with Gasteiger partial charge in [0.15, 0.2) is 6.10 Å². The number of carbonyl (C=O) groups excluding carboxylic acids is 2. The molecule has 0 radical (unpaired) electrons. The molecule has 2 aromatic rings. The number of nitrogens with one attached hydrogen (secondary N) is 1. The summed E-state index contributed by atoms with van der Waals surface area (Å²) in [6.45, 7) is 7.06. The predicted octanol–water partition coefficient (Wildman–Crippen LogP) is 3.55. The summed E-state index contributed by atoms with van der Waals surface area (Å²) < 4.78 is 34.5. The number of sulfonamides is 1. The third-order valence-corrected chi connectivity index (χ3v) is 8.74. The molecule has 0 aromatic heterocycles. The Labute approximate surface area is 207 Å². The molecule has 0 aliphatic carbocycles. The van der Waals surface area contributed by atoms with Crippen LogP contribution in [0.25, 0.3) is 0 Å². The van der Waals surface area contributed by atoms with E-state index in [9.17, 15) is 18.0 Å². The van der Waals surface area contributed by atoms with Crippen LogP contribution < -0.4 is 10.1 Å². The zero-order chi connectivity index (χ0) is 25.2. The molecule has 188 valence electrons. The molecule has 2 heterocycles. The molecule has 0 spiro atoms. The van der Waals surface area contributed by atoms with Crippen LogP contribution in [0.5, 0.6) is 5.75 Å². The number of carbonyl (C=O) groups is 2. The zero-order valence-electron chi connectivity index (χ0n) is 20.5. The summed E-state index contributed by atoms with van der Waals surface area (Å²) >= 11 is 0. The smallest absolute Gasteiger partial charge is 0.265 e. The Kier molecular flexibility index (Phi) is 7.47. The van der Waals surface area contributed by atoms with Crippen molar-refractivity contribution in [1.82, 2.24) is 9.21 Å². The lowest BCUT2D eigenvalue weighted by Gasteiger charge is -2.34. The van der Waals surface area contributed by atoms with Crippen molar-refractivity contribution in [2.24, 2.45) is 5.92 Å². The van der Waals surface area contributed by atoms with Crippen molar-refractivity contribution in [2.45, 2.75) is 57.6 Å². The van der Waals surface area contributed by atoms with Crippen LogP contribution in [0.1, 0.15) is 44.2 Å². The van der Waals surface area contributed by atoms with E-state index in [0.717, 1.165) is 5.56 Å². The number of anilines is 1. The van der Waals surface area contributed by atoms with Crippen LogP contribution in [0, 0.1) is 12.8 Å². The second-order valence-corrected chi connectivity index (χ2v) is 11.1. The zero-order valence-corrected chi connectivity index (χ0v) is 21.3. The molecule has 2 amide bonds. The lowest BCUT2D eigenvalue weighted by atomic mass is 9.98. The van der Waals surface area contributed by atoms with Crippen LogP contribution in [0.15, 0.2) is 47.4 Å². The summed E-state index contributed by atoms with van der Waals surface area (Å²) in [6, 6.07) is 12.9. The number of fused-ring (bicyclic) bond motifs is 1. The van der Waals surface area contributed by atoms with E-state index in [0.29, 0.717) is 55.9 Å². The fourth-order valence-corrected chi connectivity index (χ4v) is 6.49. The summed E-state index contributed by atoms with van der Waals surface area (Å²) in [5, 5.41) is 2.80.